The van der Waals surface area contributed by atoms with E-state index in [2.05, 4.69) is 55.1 Å². The van der Waals surface area contributed by atoms with Crippen molar-refractivity contribution in [2.24, 2.45) is 0 Å². The Balaban J connectivity index is 0. The lowest BCUT2D eigenvalue weighted by Crippen LogP contribution is -1.94. The van der Waals surface area contributed by atoms with Crippen LogP contribution >= 0.6 is 48.2 Å². The maximum atomic E-state index is 4.88. The molecule has 1 nitrogen and oxygen atoms in total. The van der Waals surface area contributed by atoms with E-state index in [1.165, 1.54) is 0 Å². The second-order valence-corrected chi connectivity index (χ2v) is 2.55. The molecule has 0 aromatic rings. The third kappa shape index (κ3) is 16.0. The van der Waals surface area contributed by atoms with Crippen molar-refractivity contribution >= 4 is 52.6 Å². The van der Waals surface area contributed by atoms with E-state index in [0.717, 1.165) is 12.8 Å². The summed E-state index contributed by atoms with van der Waals surface area (Å²) in [6.07, 6.45) is 2.19. The molecule has 0 bridgehead atoms. The minimum absolute atomic E-state index is 0.346. The van der Waals surface area contributed by atoms with Crippen LogP contribution < -0.4 is 0 Å². The minimum Gasteiger partial charge on any atom is -0.479 e. The lowest BCUT2D eigenvalue weighted by molar-refractivity contribution is 0.313. The second-order valence-electron chi connectivity index (χ2n) is 1.47. The lowest BCUT2D eigenvalue weighted by Gasteiger charge is -1.98. The van der Waals surface area contributed by atoms with Gasteiger partial charge >= 0.3 is 0 Å². The van der Waals surface area contributed by atoms with Crippen LogP contribution in [0.1, 0.15) is 19.8 Å². The van der Waals surface area contributed by atoms with Gasteiger partial charge in [-0.3, -0.25) is 0 Å². The van der Waals surface area contributed by atoms with Gasteiger partial charge in [0, 0.05) is 0 Å². The molecule has 0 saturated heterocycles. The summed E-state index contributed by atoms with van der Waals surface area (Å²) in [5.41, 5.74) is 0. The van der Waals surface area contributed by atoms with Crippen molar-refractivity contribution in [1.82, 2.24) is 0 Å². The van der Waals surface area contributed by atoms with Crippen molar-refractivity contribution < 1.29 is 4.74 Å². The van der Waals surface area contributed by atoms with Crippen LogP contribution in [0.15, 0.2) is 0 Å². The first-order chi connectivity index (χ1) is 4.77. The van der Waals surface area contributed by atoms with Crippen LogP contribution in [-0.4, -0.2) is 11.0 Å². The molecule has 0 heterocycles. The molecule has 0 unspecified atom stereocenters. The summed E-state index contributed by atoms with van der Waals surface area (Å²) in [4.78, 5) is 0. The highest BCUT2D eigenvalue weighted by atomic mass is 33.1. The normalized spacial score (nSPS) is 7.60. The number of thiol groups is 3. The summed E-state index contributed by atoms with van der Waals surface area (Å²) in [7, 11) is 0. The molecule has 62 valence electrons. The van der Waals surface area contributed by atoms with E-state index in [9.17, 15) is 0 Å². The van der Waals surface area contributed by atoms with E-state index in [4.69, 9.17) is 4.74 Å². The van der Waals surface area contributed by atoms with Crippen LogP contribution in [0.25, 0.3) is 0 Å². The first-order valence-electron chi connectivity index (χ1n) is 2.83. The maximum Gasteiger partial charge on any atom is 0.216 e. The van der Waals surface area contributed by atoms with E-state index in [-0.39, 0.29) is 0 Å². The summed E-state index contributed by atoms with van der Waals surface area (Å²) >= 11 is 14.8. The van der Waals surface area contributed by atoms with Gasteiger partial charge in [-0.1, -0.05) is 26.0 Å². The minimum atomic E-state index is 0.346. The number of hydrogen-bond donors (Lipinski definition) is 3. The van der Waals surface area contributed by atoms with Gasteiger partial charge in [-0.05, 0) is 18.6 Å². The highest BCUT2D eigenvalue weighted by Crippen LogP contribution is 1.91. The Labute approximate surface area is 83.5 Å². The van der Waals surface area contributed by atoms with Gasteiger partial charge in [0.15, 0.2) is 0 Å². The highest BCUT2D eigenvalue weighted by molar-refractivity contribution is 8.59. The fourth-order valence-corrected chi connectivity index (χ4v) is 0.478. The second kappa shape index (κ2) is 12.6. The third-order valence-corrected chi connectivity index (χ3v) is 0.970. The average Bonchev–Trinajstić information content (AvgIpc) is 1.92. The van der Waals surface area contributed by atoms with Gasteiger partial charge in [0.05, 0.1) is 6.61 Å². The smallest absolute Gasteiger partial charge is 0.216 e. The summed E-state index contributed by atoms with van der Waals surface area (Å²) in [6.45, 7) is 2.81. The Morgan fingerprint density at radius 2 is 2.00 bits per heavy atom. The lowest BCUT2D eigenvalue weighted by atomic mass is 10.4. The van der Waals surface area contributed by atoms with Crippen LogP contribution in [0.4, 0.5) is 0 Å². The molecule has 0 aromatic carbocycles. The van der Waals surface area contributed by atoms with Gasteiger partial charge < -0.3 is 4.74 Å². The van der Waals surface area contributed by atoms with Gasteiger partial charge in [-0.2, -0.15) is 0 Å². The van der Waals surface area contributed by atoms with Gasteiger partial charge in [-0.25, -0.2) is 0 Å². The third-order valence-electron chi connectivity index (χ3n) is 0.723. The standard InChI is InChI=1S/C5H10OS2.H2S2/c1-2-3-4-6-5(7)8;1-2/h2-4H2,1H3,(H,7,8);1-2H. The number of ether oxygens (including phenoxy) is 1. The van der Waals surface area contributed by atoms with Crippen LogP contribution in [-0.2, 0) is 4.74 Å². The quantitative estimate of drug-likeness (QED) is 0.290. The van der Waals surface area contributed by atoms with Crippen LogP contribution in [0, 0.1) is 0 Å². The molecule has 0 amide bonds. The van der Waals surface area contributed by atoms with Gasteiger partial charge in [0.1, 0.15) is 0 Å². The molecule has 0 aliphatic heterocycles. The van der Waals surface area contributed by atoms with Crippen molar-refractivity contribution in [2.45, 2.75) is 19.8 Å². The molecule has 0 radical (unpaired) electrons. The van der Waals surface area contributed by atoms with E-state index in [1.807, 2.05) is 0 Å². The Kier molecular flexibility index (Phi) is 17.0. The Hall–Kier alpha value is 0.940. The monoisotopic (exact) mass is 216 g/mol. The van der Waals surface area contributed by atoms with Crippen molar-refractivity contribution in [3.63, 3.8) is 0 Å². The van der Waals surface area contributed by atoms with E-state index < -0.39 is 0 Å². The van der Waals surface area contributed by atoms with Crippen LogP contribution in [0.3, 0.4) is 0 Å². The Morgan fingerprint density at radius 3 is 2.30 bits per heavy atom. The number of rotatable bonds is 3. The zero-order chi connectivity index (χ0) is 8.41. The SMILES string of the molecule is CCCCOC(=S)S.SS. The molecule has 0 aliphatic rings. The largest absolute Gasteiger partial charge is 0.479 e. The zero-order valence-corrected chi connectivity index (χ0v) is 9.28. The number of thiocarbonyl (C=S) groups is 1. The molecule has 0 fully saturated rings. The molecule has 0 aliphatic carbocycles. The highest BCUT2D eigenvalue weighted by Gasteiger charge is 1.85. The molecule has 5 heteroatoms. The molecule has 10 heavy (non-hydrogen) atoms. The van der Waals surface area contributed by atoms with E-state index >= 15 is 0 Å². The molecule has 0 atom stereocenters. The maximum absolute atomic E-state index is 4.88. The topological polar surface area (TPSA) is 9.23 Å². The average molecular weight is 216 g/mol. The van der Waals surface area contributed by atoms with Crippen molar-refractivity contribution in [3.8, 4) is 0 Å². The van der Waals surface area contributed by atoms with Crippen molar-refractivity contribution in [3.05, 3.63) is 0 Å². The zero-order valence-electron chi connectivity index (χ0n) is 5.78. The van der Waals surface area contributed by atoms with Gasteiger partial charge in [0.2, 0.25) is 4.38 Å². The fraction of sp³-hybridized carbons (Fsp3) is 0.800. The molecule has 0 aromatic heterocycles. The first-order valence-corrected chi connectivity index (χ1v) is 5.28. The molecular weight excluding hydrogens is 204 g/mol. The van der Waals surface area contributed by atoms with Gasteiger partial charge in [0.25, 0.3) is 0 Å². The summed E-state index contributed by atoms with van der Waals surface area (Å²) in [5.74, 6) is 0. The Bertz CT molecular complexity index is 76.0. The van der Waals surface area contributed by atoms with Gasteiger partial charge in [-0.15, -0.1) is 23.3 Å². The molecule has 0 saturated carbocycles. The number of unbranched alkanes of at least 4 members (excludes halogenated alkanes) is 1. The first kappa shape index (κ1) is 13.5. The Morgan fingerprint density at radius 1 is 1.50 bits per heavy atom. The van der Waals surface area contributed by atoms with Crippen molar-refractivity contribution in [2.75, 3.05) is 6.61 Å². The van der Waals surface area contributed by atoms with Crippen molar-refractivity contribution in [1.29, 1.82) is 0 Å². The predicted molar refractivity (Wildman–Crippen MR) is 60.4 cm³/mol. The molecule has 0 spiro atoms. The molecular formula is C5H12OS4. The van der Waals surface area contributed by atoms with E-state index in [1.54, 1.807) is 0 Å². The fourth-order valence-electron chi connectivity index (χ4n) is 0.304. The van der Waals surface area contributed by atoms with Crippen LogP contribution in [0.5, 0.6) is 0 Å². The molecule has 0 N–H and O–H groups in total. The van der Waals surface area contributed by atoms with Crippen LogP contribution in [0.2, 0.25) is 0 Å². The summed E-state index contributed by atoms with van der Waals surface area (Å²) in [5, 5.41) is 0. The van der Waals surface area contributed by atoms with E-state index in [0.29, 0.717) is 11.0 Å². The summed E-state index contributed by atoms with van der Waals surface area (Å²) < 4.78 is 5.22. The molecule has 0 rings (SSSR count). The summed E-state index contributed by atoms with van der Waals surface area (Å²) in [6, 6.07) is 0. The number of hydrogen-bond acceptors (Lipinski definition) is 4. The predicted octanol–water partition coefficient (Wildman–Crippen LogP) is 2.78.